The Bertz CT molecular complexity index is 1130. The number of aromatic nitrogens is 2. The van der Waals surface area contributed by atoms with E-state index in [4.69, 9.17) is 0 Å². The summed E-state index contributed by atoms with van der Waals surface area (Å²) in [5.74, 6) is 0.0836. The number of fused-ring (bicyclic) bond motifs is 1. The first kappa shape index (κ1) is 18.6. The topological polar surface area (TPSA) is 127 Å². The van der Waals surface area contributed by atoms with E-state index in [0.29, 0.717) is 11.6 Å². The number of nitro groups is 1. The number of H-pyrrole nitrogens is 1. The van der Waals surface area contributed by atoms with Gasteiger partial charge in [-0.15, -0.1) is 0 Å². The van der Waals surface area contributed by atoms with Crippen LogP contribution < -0.4 is 5.32 Å². The van der Waals surface area contributed by atoms with E-state index in [0.717, 1.165) is 41.8 Å². The number of nitrogens with zero attached hydrogens (tertiary/aromatic N) is 2. The molecule has 1 heterocycles. The van der Waals surface area contributed by atoms with E-state index in [9.17, 15) is 19.7 Å². The number of rotatable bonds is 5. The molecule has 1 aliphatic rings. The van der Waals surface area contributed by atoms with Gasteiger partial charge in [-0.2, -0.15) is 0 Å². The number of aromatic amines is 1. The molecule has 2 aromatic carbocycles. The smallest absolute Gasteiger partial charge is 0.338 e. The van der Waals surface area contributed by atoms with Gasteiger partial charge in [-0.05, 0) is 37.1 Å². The summed E-state index contributed by atoms with van der Waals surface area (Å²) in [6.45, 7) is 0. The molecule has 0 aliphatic heterocycles. The van der Waals surface area contributed by atoms with E-state index in [1.165, 1.54) is 19.6 Å². The molecule has 1 fully saturated rings. The van der Waals surface area contributed by atoms with Crippen molar-refractivity contribution in [3.63, 3.8) is 0 Å². The fraction of sp³-hybridized carbons (Fsp3) is 0.250. The Labute approximate surface area is 165 Å². The Morgan fingerprint density at radius 3 is 2.62 bits per heavy atom. The van der Waals surface area contributed by atoms with Crippen molar-refractivity contribution in [1.82, 2.24) is 9.97 Å². The van der Waals surface area contributed by atoms with Gasteiger partial charge in [0.2, 0.25) is 0 Å². The molecule has 0 bridgehead atoms. The first-order valence-corrected chi connectivity index (χ1v) is 9.13. The molecule has 1 amide bonds. The van der Waals surface area contributed by atoms with Gasteiger partial charge in [-0.3, -0.25) is 14.9 Å². The number of hydrogen-bond acceptors (Lipinski definition) is 6. The van der Waals surface area contributed by atoms with Gasteiger partial charge < -0.3 is 15.0 Å². The van der Waals surface area contributed by atoms with E-state index in [2.05, 4.69) is 20.0 Å². The van der Waals surface area contributed by atoms with Crippen molar-refractivity contribution in [1.29, 1.82) is 0 Å². The standard InChI is InChI=1S/C20H18N4O5/c1-29-20(26)13-7-12(8-15(9-13)24(27)28)19(25)21-14-5-6-16-17(10-14)23-18(22-16)11-3-2-4-11/h5-11H,2-4H2,1H3,(H,21,25)(H,22,23). The summed E-state index contributed by atoms with van der Waals surface area (Å²) in [5.41, 5.74) is 1.68. The molecule has 4 rings (SSSR count). The van der Waals surface area contributed by atoms with Gasteiger partial charge in [-0.25, -0.2) is 9.78 Å². The molecule has 3 aromatic rings. The van der Waals surface area contributed by atoms with Crippen molar-refractivity contribution in [2.75, 3.05) is 12.4 Å². The normalized spacial score (nSPS) is 13.7. The van der Waals surface area contributed by atoms with E-state index in [-0.39, 0.29) is 16.8 Å². The van der Waals surface area contributed by atoms with Gasteiger partial charge in [0, 0.05) is 29.3 Å². The lowest BCUT2D eigenvalue weighted by Crippen LogP contribution is -2.14. The van der Waals surface area contributed by atoms with Crippen molar-refractivity contribution < 1.29 is 19.2 Å². The number of nitro benzene ring substituents is 1. The number of benzene rings is 2. The average molecular weight is 394 g/mol. The van der Waals surface area contributed by atoms with Crippen molar-refractivity contribution in [2.24, 2.45) is 0 Å². The maximum Gasteiger partial charge on any atom is 0.338 e. The SMILES string of the molecule is COC(=O)c1cc(C(=O)Nc2ccc3nc(C4CCC4)[nH]c3c2)cc([N+](=O)[O-])c1. The molecule has 29 heavy (non-hydrogen) atoms. The number of nitrogens with one attached hydrogen (secondary N) is 2. The van der Waals surface area contributed by atoms with Crippen molar-refractivity contribution in [3.8, 4) is 0 Å². The monoisotopic (exact) mass is 394 g/mol. The minimum atomic E-state index is -0.759. The summed E-state index contributed by atoms with van der Waals surface area (Å²) in [4.78, 5) is 42.8. The lowest BCUT2D eigenvalue weighted by molar-refractivity contribution is -0.384. The zero-order valence-electron chi connectivity index (χ0n) is 15.6. The van der Waals surface area contributed by atoms with Gasteiger partial charge in [0.1, 0.15) is 5.82 Å². The van der Waals surface area contributed by atoms with Crippen LogP contribution in [-0.4, -0.2) is 33.9 Å². The molecule has 1 aromatic heterocycles. The number of non-ortho nitro benzene ring substituents is 1. The van der Waals surface area contributed by atoms with E-state index < -0.39 is 16.8 Å². The highest BCUT2D eigenvalue weighted by molar-refractivity contribution is 6.06. The largest absolute Gasteiger partial charge is 0.465 e. The summed E-state index contributed by atoms with van der Waals surface area (Å²) in [6.07, 6.45) is 3.46. The van der Waals surface area contributed by atoms with Crippen molar-refractivity contribution >= 4 is 34.3 Å². The van der Waals surface area contributed by atoms with Crippen LogP contribution in [0.3, 0.4) is 0 Å². The number of methoxy groups -OCH3 is 1. The zero-order valence-corrected chi connectivity index (χ0v) is 15.6. The summed E-state index contributed by atoms with van der Waals surface area (Å²) in [5, 5.41) is 13.8. The number of imidazole rings is 1. The molecular formula is C20H18N4O5. The molecule has 0 atom stereocenters. The Morgan fingerprint density at radius 1 is 1.21 bits per heavy atom. The number of hydrogen-bond donors (Lipinski definition) is 2. The number of carbonyl (C=O) groups is 2. The lowest BCUT2D eigenvalue weighted by atomic mass is 9.85. The quantitative estimate of drug-likeness (QED) is 0.385. The Kier molecular flexibility index (Phi) is 4.71. The zero-order chi connectivity index (χ0) is 20.5. The number of anilines is 1. The van der Waals surface area contributed by atoms with Crippen LogP contribution in [0.4, 0.5) is 11.4 Å². The molecule has 148 valence electrons. The van der Waals surface area contributed by atoms with Gasteiger partial charge in [0.25, 0.3) is 11.6 Å². The molecule has 0 radical (unpaired) electrons. The molecule has 9 nitrogen and oxygen atoms in total. The van der Waals surface area contributed by atoms with Crippen LogP contribution in [-0.2, 0) is 4.74 Å². The van der Waals surface area contributed by atoms with Crippen LogP contribution in [0.1, 0.15) is 51.7 Å². The summed E-state index contributed by atoms with van der Waals surface area (Å²) in [7, 11) is 1.17. The number of ether oxygens (including phenoxy) is 1. The highest BCUT2D eigenvalue weighted by Crippen LogP contribution is 2.35. The Morgan fingerprint density at radius 2 is 1.97 bits per heavy atom. The highest BCUT2D eigenvalue weighted by atomic mass is 16.6. The van der Waals surface area contributed by atoms with Crippen LogP contribution in [0.2, 0.25) is 0 Å². The van der Waals surface area contributed by atoms with Gasteiger partial charge in [0.05, 0.1) is 28.6 Å². The molecule has 0 unspecified atom stereocenters. The first-order valence-electron chi connectivity index (χ1n) is 9.13. The predicted molar refractivity (Wildman–Crippen MR) is 105 cm³/mol. The molecular weight excluding hydrogens is 376 g/mol. The second-order valence-corrected chi connectivity index (χ2v) is 6.95. The first-order chi connectivity index (χ1) is 13.9. The van der Waals surface area contributed by atoms with E-state index in [1.807, 2.05) is 0 Å². The maximum atomic E-state index is 12.6. The molecule has 0 saturated heterocycles. The Balaban J connectivity index is 1.60. The van der Waals surface area contributed by atoms with Gasteiger partial charge >= 0.3 is 5.97 Å². The molecule has 9 heteroatoms. The average Bonchev–Trinajstić information content (AvgIpc) is 3.07. The van der Waals surface area contributed by atoms with Crippen LogP contribution in [0.5, 0.6) is 0 Å². The summed E-state index contributed by atoms with van der Waals surface area (Å²) >= 11 is 0. The second-order valence-electron chi connectivity index (χ2n) is 6.95. The third-order valence-electron chi connectivity index (χ3n) is 5.06. The molecule has 1 aliphatic carbocycles. The fourth-order valence-corrected chi connectivity index (χ4v) is 3.27. The summed E-state index contributed by atoms with van der Waals surface area (Å²) < 4.78 is 4.60. The van der Waals surface area contributed by atoms with E-state index in [1.54, 1.807) is 18.2 Å². The van der Waals surface area contributed by atoms with Crippen LogP contribution in [0.15, 0.2) is 36.4 Å². The number of amides is 1. The molecule has 1 saturated carbocycles. The Hall–Kier alpha value is -3.75. The predicted octanol–water partition coefficient (Wildman–Crippen LogP) is 3.78. The van der Waals surface area contributed by atoms with Crippen LogP contribution in [0, 0.1) is 10.1 Å². The van der Waals surface area contributed by atoms with Crippen LogP contribution >= 0.6 is 0 Å². The van der Waals surface area contributed by atoms with Crippen LogP contribution in [0.25, 0.3) is 11.0 Å². The highest BCUT2D eigenvalue weighted by Gasteiger charge is 2.23. The third kappa shape index (κ3) is 3.66. The van der Waals surface area contributed by atoms with Crippen molar-refractivity contribution in [2.45, 2.75) is 25.2 Å². The number of esters is 1. The van der Waals surface area contributed by atoms with E-state index >= 15 is 0 Å². The molecule has 2 N–H and O–H groups in total. The molecule has 0 spiro atoms. The minimum absolute atomic E-state index is 0.0144. The lowest BCUT2D eigenvalue weighted by Gasteiger charge is -2.22. The maximum absolute atomic E-state index is 12.6. The van der Waals surface area contributed by atoms with Gasteiger partial charge in [-0.1, -0.05) is 6.42 Å². The fourth-order valence-electron chi connectivity index (χ4n) is 3.27. The number of carbonyl (C=O) groups excluding carboxylic acids is 2. The van der Waals surface area contributed by atoms with Gasteiger partial charge in [0.15, 0.2) is 0 Å². The second kappa shape index (κ2) is 7.34. The third-order valence-corrected chi connectivity index (χ3v) is 5.06. The van der Waals surface area contributed by atoms with Crippen molar-refractivity contribution in [3.05, 3.63) is 63.5 Å². The summed E-state index contributed by atoms with van der Waals surface area (Å²) in [6, 6.07) is 8.73. The minimum Gasteiger partial charge on any atom is -0.465 e.